The standard InChI is InChI=1S/C71H125N9O14/c1-25-27-28-47(13)63(84)62-64(85)72-53(26-2)68(89)73(18)51(17)66(87)78(23)61(50(16)41-94-34-31-80-29-32-93-33-30-80)59(83)40-52(45(9)10)67(88)74(19)54(35-42(3)4)58(82)38-48(14)57(81)39-49(15)65(86)75(20)55(36-43(5)6)69(90)76(21)56(37-44(7)8)70(91)77(22)60(46(11)12)71(92)79(62)24/h25,27,42-56,60-63,84H,26,28-41H2,1-24H3,(H,72,85)/b27-25+/t47-,48-,49+,50-,51-,52+,53+,54+,55+,56+,60+,61+,62?,63-/m1/s1. The lowest BCUT2D eigenvalue weighted by molar-refractivity contribution is -0.157. The van der Waals surface area contributed by atoms with Crippen molar-refractivity contribution < 1.29 is 67.3 Å². The number of ether oxygens (including phenoxy) is 2. The van der Waals surface area contributed by atoms with Crippen LogP contribution in [-0.4, -0.2) is 259 Å². The zero-order chi connectivity index (χ0) is 72.1. The van der Waals surface area contributed by atoms with Crippen molar-refractivity contribution in [3.63, 3.8) is 0 Å². The fraction of sp³-hybridized carbons (Fsp3) is 0.817. The molecule has 1 unspecified atom stereocenters. The van der Waals surface area contributed by atoms with Crippen LogP contribution in [0.4, 0.5) is 0 Å². The summed E-state index contributed by atoms with van der Waals surface area (Å²) in [5, 5.41) is 15.0. The van der Waals surface area contributed by atoms with Crippen LogP contribution in [0, 0.1) is 59.2 Å². The number of Topliss-reactive ketones (excluding diaryl/α,β-unsaturated/α-hetero) is 3. The van der Waals surface area contributed by atoms with Crippen molar-refractivity contribution in [2.24, 2.45) is 59.2 Å². The number of amides is 8. The van der Waals surface area contributed by atoms with Crippen LogP contribution in [0.5, 0.6) is 0 Å². The highest BCUT2D eigenvalue weighted by atomic mass is 16.5. The number of carbonyl (C=O) groups excluding carboxylic acids is 11. The zero-order valence-electron chi connectivity index (χ0n) is 62.1. The summed E-state index contributed by atoms with van der Waals surface area (Å²) in [4.78, 5) is 175. The van der Waals surface area contributed by atoms with Crippen LogP contribution in [0.15, 0.2) is 12.2 Å². The van der Waals surface area contributed by atoms with Gasteiger partial charge in [-0.1, -0.05) is 116 Å². The minimum Gasteiger partial charge on any atom is -0.390 e. The Morgan fingerprint density at radius 1 is 0.532 bits per heavy atom. The highest BCUT2D eigenvalue weighted by Crippen LogP contribution is 2.30. The predicted octanol–water partition coefficient (Wildman–Crippen LogP) is 5.87. The Morgan fingerprint density at radius 2 is 1.01 bits per heavy atom. The predicted molar refractivity (Wildman–Crippen MR) is 364 cm³/mol. The molecule has 0 radical (unpaired) electrons. The van der Waals surface area contributed by atoms with E-state index >= 15 is 28.8 Å². The highest BCUT2D eigenvalue weighted by molar-refractivity contribution is 6.00. The summed E-state index contributed by atoms with van der Waals surface area (Å²) in [6, 6.07) is -9.81. The summed E-state index contributed by atoms with van der Waals surface area (Å²) in [5.74, 6) is -11.6. The monoisotopic (exact) mass is 1330 g/mol. The molecule has 0 aliphatic carbocycles. The second-order valence-corrected chi connectivity index (χ2v) is 29.2. The second kappa shape index (κ2) is 39.5. The molecule has 538 valence electrons. The lowest BCUT2D eigenvalue weighted by Crippen LogP contribution is -2.63. The van der Waals surface area contributed by atoms with Crippen LogP contribution in [-0.2, 0) is 62.2 Å². The van der Waals surface area contributed by atoms with E-state index < -0.39 is 149 Å². The Morgan fingerprint density at radius 3 is 1.51 bits per heavy atom. The molecule has 0 bridgehead atoms. The quantitative estimate of drug-likeness (QED) is 0.113. The van der Waals surface area contributed by atoms with Gasteiger partial charge < -0.3 is 54.2 Å². The fourth-order valence-corrected chi connectivity index (χ4v) is 13.0. The smallest absolute Gasteiger partial charge is 0.246 e. The third-order valence-corrected chi connectivity index (χ3v) is 19.3. The van der Waals surface area contributed by atoms with Crippen molar-refractivity contribution in [3.05, 3.63) is 12.2 Å². The molecule has 2 rings (SSSR count). The summed E-state index contributed by atoms with van der Waals surface area (Å²) in [6.45, 7) is 33.8. The molecule has 2 aliphatic heterocycles. The molecule has 2 heterocycles. The van der Waals surface area contributed by atoms with E-state index in [1.54, 1.807) is 54.5 Å². The summed E-state index contributed by atoms with van der Waals surface area (Å²) >= 11 is 0. The molecule has 0 spiro atoms. The van der Waals surface area contributed by atoms with Gasteiger partial charge >= 0.3 is 0 Å². The van der Waals surface area contributed by atoms with Gasteiger partial charge in [-0.05, 0) is 81.5 Å². The van der Waals surface area contributed by atoms with Crippen molar-refractivity contribution in [1.82, 2.24) is 44.5 Å². The maximum absolute atomic E-state index is 15.3. The Labute approximate surface area is 564 Å². The Kier molecular flexibility index (Phi) is 35.5. The molecular formula is C71H125N9O14. The SMILES string of the molecule is C/C=C/C[C@@H](C)[C@@H](O)C1C(=O)N[C@@H](CC)C(=O)N(C)[C@H](C)C(=O)N(C)[C@@H]([C@H](C)COCCN2CCOCC2)C(=O)C[C@@H](C(C)C)C(=O)N(C)[C@@H](CC(C)C)C(=O)C[C@@H](C)C(=O)C[C@H](C)C(=O)N(C)[C@@H](CC(C)C)C(=O)N(C)[C@@H](CC(C)C)C(=O)N(C)[C@@H](C(C)C)C(=O)N1C. The van der Waals surface area contributed by atoms with Gasteiger partial charge in [0.05, 0.1) is 44.6 Å². The van der Waals surface area contributed by atoms with Crippen LogP contribution < -0.4 is 5.32 Å². The average molecular weight is 1330 g/mol. The first-order valence-electron chi connectivity index (χ1n) is 34.6. The van der Waals surface area contributed by atoms with Crippen LogP contribution in [0.1, 0.15) is 169 Å². The fourth-order valence-electron chi connectivity index (χ4n) is 13.0. The Bertz CT molecular complexity index is 2550. The summed E-state index contributed by atoms with van der Waals surface area (Å²) in [5.41, 5.74) is 0. The van der Waals surface area contributed by atoms with E-state index in [1.165, 1.54) is 85.7 Å². The number of morpholine rings is 1. The molecule has 94 heavy (non-hydrogen) atoms. The molecule has 14 atom stereocenters. The number of hydrogen-bond acceptors (Lipinski definition) is 15. The van der Waals surface area contributed by atoms with Gasteiger partial charge in [0, 0.05) is 112 Å². The normalized spacial score (nSPS) is 28.0. The maximum atomic E-state index is 15.3. The van der Waals surface area contributed by atoms with E-state index in [9.17, 15) is 29.1 Å². The first-order chi connectivity index (χ1) is 43.7. The van der Waals surface area contributed by atoms with E-state index in [-0.39, 0.29) is 80.9 Å². The molecule has 0 aromatic heterocycles. The van der Waals surface area contributed by atoms with Crippen LogP contribution >= 0.6 is 0 Å². The average Bonchev–Trinajstić information content (AvgIpc) is 0.969. The van der Waals surface area contributed by atoms with Gasteiger partial charge in [0.1, 0.15) is 42.0 Å². The Hall–Kier alpha value is -5.65. The van der Waals surface area contributed by atoms with E-state index in [0.717, 1.165) is 18.0 Å². The second-order valence-electron chi connectivity index (χ2n) is 29.2. The lowest BCUT2D eigenvalue weighted by Gasteiger charge is -2.41. The third kappa shape index (κ3) is 23.6. The third-order valence-electron chi connectivity index (χ3n) is 19.3. The number of ketones is 3. The number of carbonyl (C=O) groups is 11. The van der Waals surface area contributed by atoms with Crippen molar-refractivity contribution in [3.8, 4) is 0 Å². The largest absolute Gasteiger partial charge is 0.390 e. The number of aliphatic hydroxyl groups is 1. The molecule has 0 saturated carbocycles. The molecule has 2 aliphatic rings. The van der Waals surface area contributed by atoms with Gasteiger partial charge in [0.2, 0.25) is 47.3 Å². The minimum atomic E-state index is -1.62. The molecule has 2 N–H and O–H groups in total. The van der Waals surface area contributed by atoms with Crippen LogP contribution in [0.25, 0.3) is 0 Å². The lowest BCUT2D eigenvalue weighted by atomic mass is 9.83. The molecule has 0 aromatic carbocycles. The number of aliphatic hydroxyl groups excluding tert-OH is 1. The highest BCUT2D eigenvalue weighted by Gasteiger charge is 2.46. The van der Waals surface area contributed by atoms with Crippen molar-refractivity contribution in [1.29, 1.82) is 0 Å². The van der Waals surface area contributed by atoms with Gasteiger partial charge in [-0.3, -0.25) is 57.6 Å². The summed E-state index contributed by atoms with van der Waals surface area (Å²) in [7, 11) is 10.2. The minimum absolute atomic E-state index is 0.0103. The number of nitrogens with zero attached hydrogens (tertiary/aromatic N) is 8. The number of allylic oxidation sites excluding steroid dienone is 2. The summed E-state index contributed by atoms with van der Waals surface area (Å²) in [6.07, 6.45) is 2.18. The number of rotatable bonds is 19. The van der Waals surface area contributed by atoms with E-state index in [4.69, 9.17) is 9.47 Å². The summed E-state index contributed by atoms with van der Waals surface area (Å²) < 4.78 is 11.7. The van der Waals surface area contributed by atoms with Crippen molar-refractivity contribution in [2.45, 2.75) is 224 Å². The number of hydrogen-bond donors (Lipinski definition) is 2. The molecule has 8 amide bonds. The van der Waals surface area contributed by atoms with Gasteiger partial charge in [-0.2, -0.15) is 0 Å². The zero-order valence-corrected chi connectivity index (χ0v) is 62.1. The van der Waals surface area contributed by atoms with Crippen molar-refractivity contribution in [2.75, 3.05) is 95.4 Å². The molecule has 0 aromatic rings. The van der Waals surface area contributed by atoms with Crippen LogP contribution in [0.3, 0.4) is 0 Å². The van der Waals surface area contributed by atoms with E-state index in [1.807, 2.05) is 68.4 Å². The van der Waals surface area contributed by atoms with Crippen LogP contribution in [0.2, 0.25) is 0 Å². The van der Waals surface area contributed by atoms with Gasteiger partial charge in [0.15, 0.2) is 11.6 Å². The molecule has 2 fully saturated rings. The number of nitrogens with one attached hydrogen (secondary N) is 1. The van der Waals surface area contributed by atoms with E-state index in [0.29, 0.717) is 32.8 Å². The van der Waals surface area contributed by atoms with E-state index in [2.05, 4.69) is 10.2 Å². The van der Waals surface area contributed by atoms with Gasteiger partial charge in [-0.25, -0.2) is 0 Å². The topological polar surface area (TPSA) is 264 Å². The number of likely N-dealkylation sites (N-methyl/N-ethyl adjacent to an activating group) is 7. The molecule has 23 heteroatoms. The Balaban J connectivity index is 3.02. The molecule has 2 saturated heterocycles. The molecular weight excluding hydrogens is 1200 g/mol. The maximum Gasteiger partial charge on any atom is 0.246 e. The van der Waals surface area contributed by atoms with Crippen molar-refractivity contribution >= 4 is 64.6 Å². The first-order valence-corrected chi connectivity index (χ1v) is 34.6. The van der Waals surface area contributed by atoms with Gasteiger partial charge in [0.25, 0.3) is 0 Å². The van der Waals surface area contributed by atoms with Gasteiger partial charge in [-0.15, -0.1) is 0 Å². The first kappa shape index (κ1) is 84.4. The molecule has 23 nitrogen and oxygen atoms in total.